The van der Waals surface area contributed by atoms with Crippen LogP contribution in [0.15, 0.2) is 4.99 Å². The number of rotatable bonds is 4. The maximum atomic E-state index is 12.3. The molecule has 2 saturated heterocycles. The minimum absolute atomic E-state index is 0.146. The topological polar surface area (TPSA) is 71.5 Å². The third-order valence-electron chi connectivity index (χ3n) is 6.09. The molecule has 8 nitrogen and oxygen atoms in total. The third kappa shape index (κ3) is 5.12. The van der Waals surface area contributed by atoms with Crippen LogP contribution in [0, 0.1) is 5.92 Å². The summed E-state index contributed by atoms with van der Waals surface area (Å²) >= 11 is 0. The van der Waals surface area contributed by atoms with Gasteiger partial charge >= 0.3 is 0 Å². The van der Waals surface area contributed by atoms with Crippen molar-refractivity contribution in [2.24, 2.45) is 10.9 Å². The number of hydrogen-bond acceptors (Lipinski definition) is 4. The lowest BCUT2D eigenvalue weighted by Gasteiger charge is -2.38. The van der Waals surface area contributed by atoms with Gasteiger partial charge in [0.1, 0.15) is 0 Å². The van der Waals surface area contributed by atoms with Gasteiger partial charge in [-0.15, -0.1) is 0 Å². The molecule has 0 bridgehead atoms. The highest BCUT2D eigenvalue weighted by Gasteiger charge is 2.31. The maximum Gasteiger partial charge on any atom is 0.225 e. The zero-order valence-corrected chi connectivity index (χ0v) is 16.8. The number of guanidine groups is 1. The average Bonchev–Trinajstić information content (AvgIpc) is 2.64. The third-order valence-corrected chi connectivity index (χ3v) is 6.09. The normalized spacial score (nSPS) is 22.6. The first-order chi connectivity index (χ1) is 13.1. The minimum Gasteiger partial charge on any atom is -0.355 e. The fraction of sp³-hybridized carbons (Fsp3) is 0.842. The molecule has 0 unspecified atom stereocenters. The van der Waals surface area contributed by atoms with E-state index in [0.717, 1.165) is 84.2 Å². The highest BCUT2D eigenvalue weighted by atomic mass is 16.2. The summed E-state index contributed by atoms with van der Waals surface area (Å²) in [6, 6.07) is 0. The van der Waals surface area contributed by atoms with Crippen molar-refractivity contribution in [3.8, 4) is 0 Å². The molecule has 1 saturated carbocycles. The average molecular weight is 379 g/mol. The predicted octanol–water partition coefficient (Wildman–Crippen LogP) is -0.330. The number of aliphatic imine (C=N–C) groups is 1. The molecule has 152 valence electrons. The van der Waals surface area contributed by atoms with Crippen LogP contribution >= 0.6 is 0 Å². The van der Waals surface area contributed by atoms with Gasteiger partial charge in [-0.3, -0.25) is 19.5 Å². The highest BCUT2D eigenvalue weighted by molar-refractivity contribution is 5.80. The number of piperazine rings is 2. The van der Waals surface area contributed by atoms with E-state index in [1.165, 1.54) is 6.42 Å². The van der Waals surface area contributed by atoms with Crippen molar-refractivity contribution in [1.82, 2.24) is 24.9 Å². The van der Waals surface area contributed by atoms with Crippen LogP contribution in [-0.2, 0) is 9.59 Å². The quantitative estimate of drug-likeness (QED) is 0.536. The molecule has 2 amide bonds. The van der Waals surface area contributed by atoms with Gasteiger partial charge in [-0.05, 0) is 12.8 Å². The van der Waals surface area contributed by atoms with Gasteiger partial charge in [-0.1, -0.05) is 6.42 Å². The molecule has 1 aliphatic carbocycles. The first kappa shape index (κ1) is 19.9. The number of carbonyl (C=O) groups is 2. The maximum absolute atomic E-state index is 12.3. The van der Waals surface area contributed by atoms with Gasteiger partial charge in [0.2, 0.25) is 11.8 Å². The van der Waals surface area contributed by atoms with E-state index in [0.29, 0.717) is 11.8 Å². The standard InChI is InChI=1S/C19H34N6O2/c1-16(26)23-12-14-25(15-13-23)19(20-2)21-6-7-22-8-10-24(11-9-22)18(27)17-4-3-5-17/h17H,3-15H2,1-2H3,(H,20,21). The molecule has 0 radical (unpaired) electrons. The van der Waals surface area contributed by atoms with E-state index in [-0.39, 0.29) is 5.91 Å². The lowest BCUT2D eigenvalue weighted by Crippen LogP contribution is -2.55. The van der Waals surface area contributed by atoms with E-state index < -0.39 is 0 Å². The molecule has 0 aromatic carbocycles. The van der Waals surface area contributed by atoms with Crippen LogP contribution in [0.4, 0.5) is 0 Å². The van der Waals surface area contributed by atoms with Gasteiger partial charge in [-0.2, -0.15) is 0 Å². The number of amides is 2. The van der Waals surface area contributed by atoms with E-state index >= 15 is 0 Å². The molecule has 2 heterocycles. The molecular weight excluding hydrogens is 344 g/mol. The molecule has 8 heteroatoms. The SMILES string of the molecule is CN=C(NCCN1CCN(C(=O)C2CCC2)CC1)N1CCN(C(C)=O)CC1. The first-order valence-electron chi connectivity index (χ1n) is 10.3. The fourth-order valence-corrected chi connectivity index (χ4v) is 4.00. The monoisotopic (exact) mass is 378 g/mol. The van der Waals surface area contributed by atoms with Crippen LogP contribution in [0.2, 0.25) is 0 Å². The summed E-state index contributed by atoms with van der Waals surface area (Å²) in [5.74, 6) is 1.75. The van der Waals surface area contributed by atoms with E-state index in [1.807, 2.05) is 11.9 Å². The molecule has 2 aliphatic heterocycles. The Hall–Kier alpha value is -1.83. The minimum atomic E-state index is 0.146. The Bertz CT molecular complexity index is 546. The molecule has 27 heavy (non-hydrogen) atoms. The summed E-state index contributed by atoms with van der Waals surface area (Å²) in [6.45, 7) is 10.2. The van der Waals surface area contributed by atoms with E-state index in [2.05, 4.69) is 25.0 Å². The summed E-state index contributed by atoms with van der Waals surface area (Å²) < 4.78 is 0. The van der Waals surface area contributed by atoms with Gasteiger partial charge in [-0.25, -0.2) is 0 Å². The Morgan fingerprint density at radius 1 is 0.926 bits per heavy atom. The Balaban J connectivity index is 1.33. The lowest BCUT2D eigenvalue weighted by molar-refractivity contribution is -0.140. The molecule has 1 N–H and O–H groups in total. The molecule has 0 atom stereocenters. The van der Waals surface area contributed by atoms with Gasteiger partial charge in [0, 0.05) is 85.3 Å². The zero-order chi connectivity index (χ0) is 19.2. The van der Waals surface area contributed by atoms with E-state index in [9.17, 15) is 9.59 Å². The summed E-state index contributed by atoms with van der Waals surface area (Å²) in [4.78, 5) is 36.7. The molecule has 3 aliphatic rings. The van der Waals surface area contributed by atoms with Crippen molar-refractivity contribution in [2.45, 2.75) is 26.2 Å². The molecule has 0 aromatic heterocycles. The molecule has 3 rings (SSSR count). The Kier molecular flexibility index (Phi) is 6.93. The van der Waals surface area contributed by atoms with Crippen LogP contribution in [-0.4, -0.2) is 110 Å². The summed E-state index contributed by atoms with van der Waals surface area (Å²) in [5, 5.41) is 3.45. The van der Waals surface area contributed by atoms with Crippen molar-refractivity contribution < 1.29 is 9.59 Å². The Morgan fingerprint density at radius 2 is 1.52 bits per heavy atom. The fourth-order valence-electron chi connectivity index (χ4n) is 4.00. The van der Waals surface area contributed by atoms with Crippen molar-refractivity contribution in [2.75, 3.05) is 72.5 Å². The second-order valence-corrected chi connectivity index (χ2v) is 7.76. The Labute approximate surface area is 162 Å². The first-order valence-corrected chi connectivity index (χ1v) is 10.3. The van der Waals surface area contributed by atoms with Crippen LogP contribution < -0.4 is 5.32 Å². The van der Waals surface area contributed by atoms with Crippen molar-refractivity contribution >= 4 is 17.8 Å². The van der Waals surface area contributed by atoms with Gasteiger partial charge in [0.05, 0.1) is 0 Å². The van der Waals surface area contributed by atoms with E-state index in [4.69, 9.17) is 0 Å². The number of nitrogens with one attached hydrogen (secondary N) is 1. The second-order valence-electron chi connectivity index (χ2n) is 7.76. The summed E-state index contributed by atoms with van der Waals surface area (Å²) in [5.41, 5.74) is 0. The van der Waals surface area contributed by atoms with Crippen LogP contribution in [0.5, 0.6) is 0 Å². The van der Waals surface area contributed by atoms with Gasteiger partial charge in [0.15, 0.2) is 5.96 Å². The predicted molar refractivity (Wildman–Crippen MR) is 106 cm³/mol. The second kappa shape index (κ2) is 9.39. The largest absolute Gasteiger partial charge is 0.355 e. The molecule has 0 spiro atoms. The zero-order valence-electron chi connectivity index (χ0n) is 16.8. The molecular formula is C19H34N6O2. The van der Waals surface area contributed by atoms with Crippen molar-refractivity contribution in [3.05, 3.63) is 0 Å². The van der Waals surface area contributed by atoms with Crippen molar-refractivity contribution in [1.29, 1.82) is 0 Å². The lowest BCUT2D eigenvalue weighted by atomic mass is 9.84. The summed E-state index contributed by atoms with van der Waals surface area (Å²) in [7, 11) is 1.81. The van der Waals surface area contributed by atoms with Gasteiger partial charge in [0.25, 0.3) is 0 Å². The van der Waals surface area contributed by atoms with Crippen LogP contribution in [0.3, 0.4) is 0 Å². The number of carbonyl (C=O) groups excluding carboxylic acids is 2. The van der Waals surface area contributed by atoms with Crippen LogP contribution in [0.25, 0.3) is 0 Å². The Morgan fingerprint density at radius 3 is 2.04 bits per heavy atom. The van der Waals surface area contributed by atoms with Gasteiger partial charge < -0.3 is 20.0 Å². The van der Waals surface area contributed by atoms with Crippen LogP contribution in [0.1, 0.15) is 26.2 Å². The highest BCUT2D eigenvalue weighted by Crippen LogP contribution is 2.28. The number of nitrogens with zero attached hydrogens (tertiary/aromatic N) is 5. The number of hydrogen-bond donors (Lipinski definition) is 1. The van der Waals surface area contributed by atoms with Crippen molar-refractivity contribution in [3.63, 3.8) is 0 Å². The molecule has 3 fully saturated rings. The summed E-state index contributed by atoms with van der Waals surface area (Å²) in [6.07, 6.45) is 3.39. The molecule has 0 aromatic rings. The van der Waals surface area contributed by atoms with E-state index in [1.54, 1.807) is 6.92 Å². The smallest absolute Gasteiger partial charge is 0.225 e.